The molecule has 2 N–H and O–H groups in total. The van der Waals surface area contributed by atoms with Crippen molar-refractivity contribution in [3.05, 3.63) is 34.6 Å². The fourth-order valence-electron chi connectivity index (χ4n) is 2.61. The van der Waals surface area contributed by atoms with Gasteiger partial charge >= 0.3 is 6.03 Å². The first-order chi connectivity index (χ1) is 11.0. The second kappa shape index (κ2) is 8.15. The van der Waals surface area contributed by atoms with E-state index in [1.165, 1.54) is 18.2 Å². The Morgan fingerprint density at radius 1 is 1.35 bits per heavy atom. The molecule has 7 heteroatoms. The average molecular weight is 342 g/mol. The smallest absolute Gasteiger partial charge is 0.317 e. The van der Waals surface area contributed by atoms with Crippen LogP contribution in [0.5, 0.6) is 0 Å². The van der Waals surface area contributed by atoms with E-state index in [0.29, 0.717) is 25.2 Å². The van der Waals surface area contributed by atoms with Gasteiger partial charge in [0.05, 0.1) is 6.42 Å². The van der Waals surface area contributed by atoms with E-state index in [1.54, 1.807) is 4.90 Å². The molecule has 1 saturated heterocycles. The van der Waals surface area contributed by atoms with Crippen molar-refractivity contribution in [1.82, 2.24) is 15.5 Å². The Labute approximate surface area is 140 Å². The SMILES string of the molecule is CCNC(=O)N1CCC(NC(=O)Cc2ccc(F)cc2Cl)CC1. The number of carbonyl (C=O) groups excluding carboxylic acids is 2. The number of carbonyl (C=O) groups is 2. The second-order valence-corrected chi connectivity index (χ2v) is 5.98. The van der Waals surface area contributed by atoms with Crippen molar-refractivity contribution < 1.29 is 14.0 Å². The maximum Gasteiger partial charge on any atom is 0.317 e. The molecule has 1 fully saturated rings. The van der Waals surface area contributed by atoms with Gasteiger partial charge in [-0.05, 0) is 37.5 Å². The molecule has 0 spiro atoms. The summed E-state index contributed by atoms with van der Waals surface area (Å²) in [6.45, 7) is 3.72. The lowest BCUT2D eigenvalue weighted by molar-refractivity contribution is -0.121. The maximum absolute atomic E-state index is 13.0. The summed E-state index contributed by atoms with van der Waals surface area (Å²) in [5.41, 5.74) is 0.602. The Balaban J connectivity index is 1.79. The minimum atomic E-state index is -0.420. The number of nitrogens with one attached hydrogen (secondary N) is 2. The molecule has 0 aliphatic carbocycles. The summed E-state index contributed by atoms with van der Waals surface area (Å²) < 4.78 is 13.0. The quantitative estimate of drug-likeness (QED) is 0.883. The summed E-state index contributed by atoms with van der Waals surface area (Å²) in [4.78, 5) is 25.5. The first kappa shape index (κ1) is 17.5. The number of nitrogens with zero attached hydrogens (tertiary/aromatic N) is 1. The monoisotopic (exact) mass is 341 g/mol. The van der Waals surface area contributed by atoms with Gasteiger partial charge in [-0.3, -0.25) is 4.79 Å². The van der Waals surface area contributed by atoms with E-state index in [4.69, 9.17) is 11.6 Å². The predicted octanol–water partition coefficient (Wildman–Crippen LogP) is 2.33. The molecule has 23 heavy (non-hydrogen) atoms. The summed E-state index contributed by atoms with van der Waals surface area (Å²) in [7, 11) is 0. The Morgan fingerprint density at radius 2 is 2.04 bits per heavy atom. The number of halogens is 2. The van der Waals surface area contributed by atoms with Gasteiger partial charge in [-0.15, -0.1) is 0 Å². The minimum absolute atomic E-state index is 0.0485. The zero-order valence-corrected chi connectivity index (χ0v) is 13.8. The molecule has 1 aromatic rings. The fraction of sp³-hybridized carbons (Fsp3) is 0.500. The predicted molar refractivity (Wildman–Crippen MR) is 86.9 cm³/mol. The van der Waals surface area contributed by atoms with Crippen LogP contribution in [0.25, 0.3) is 0 Å². The molecule has 5 nitrogen and oxygen atoms in total. The van der Waals surface area contributed by atoms with E-state index in [0.717, 1.165) is 12.8 Å². The van der Waals surface area contributed by atoms with Crippen LogP contribution in [0.3, 0.4) is 0 Å². The average Bonchev–Trinajstić information content (AvgIpc) is 2.51. The summed E-state index contributed by atoms with van der Waals surface area (Å²) in [6, 6.07) is 4.01. The van der Waals surface area contributed by atoms with Crippen molar-refractivity contribution in [3.63, 3.8) is 0 Å². The van der Waals surface area contributed by atoms with E-state index in [9.17, 15) is 14.0 Å². The van der Waals surface area contributed by atoms with Crippen molar-refractivity contribution in [2.45, 2.75) is 32.2 Å². The van der Waals surface area contributed by atoms with Crippen molar-refractivity contribution >= 4 is 23.5 Å². The molecule has 1 heterocycles. The van der Waals surface area contributed by atoms with Crippen LogP contribution in [-0.2, 0) is 11.2 Å². The molecule has 0 aromatic heterocycles. The first-order valence-electron chi connectivity index (χ1n) is 7.75. The molecular formula is C16H21ClFN3O2. The molecule has 1 aliphatic heterocycles. The lowest BCUT2D eigenvalue weighted by atomic mass is 10.0. The van der Waals surface area contributed by atoms with Crippen molar-refractivity contribution in [2.75, 3.05) is 19.6 Å². The molecule has 0 unspecified atom stereocenters. The van der Waals surface area contributed by atoms with Gasteiger partial charge in [-0.25, -0.2) is 9.18 Å². The second-order valence-electron chi connectivity index (χ2n) is 5.58. The Kier molecular flexibility index (Phi) is 6.21. The van der Waals surface area contributed by atoms with E-state index in [-0.39, 0.29) is 29.4 Å². The molecule has 3 amide bonds. The third kappa shape index (κ3) is 5.10. The number of amides is 3. The van der Waals surface area contributed by atoms with Gasteiger partial charge in [0, 0.05) is 30.7 Å². The molecule has 0 bridgehead atoms. The van der Waals surface area contributed by atoms with Crippen molar-refractivity contribution in [2.24, 2.45) is 0 Å². The van der Waals surface area contributed by atoms with Crippen LogP contribution in [0.1, 0.15) is 25.3 Å². The Hall–Kier alpha value is -1.82. The van der Waals surface area contributed by atoms with Gasteiger partial charge in [-0.1, -0.05) is 17.7 Å². The number of likely N-dealkylation sites (tertiary alicyclic amines) is 1. The fourth-order valence-corrected chi connectivity index (χ4v) is 2.84. The highest BCUT2D eigenvalue weighted by atomic mass is 35.5. The summed E-state index contributed by atoms with van der Waals surface area (Å²) in [5, 5.41) is 5.98. The van der Waals surface area contributed by atoms with Crippen LogP contribution >= 0.6 is 11.6 Å². The minimum Gasteiger partial charge on any atom is -0.353 e. The number of urea groups is 1. The van der Waals surface area contributed by atoms with Crippen LogP contribution in [0.2, 0.25) is 5.02 Å². The molecule has 1 aromatic carbocycles. The Bertz CT molecular complexity index is 574. The largest absolute Gasteiger partial charge is 0.353 e. The number of rotatable bonds is 4. The van der Waals surface area contributed by atoms with E-state index in [2.05, 4.69) is 10.6 Å². The van der Waals surface area contributed by atoms with Gasteiger partial charge in [0.15, 0.2) is 0 Å². The standard InChI is InChI=1S/C16H21ClFN3O2/c1-2-19-16(23)21-7-5-13(6-8-21)20-15(22)9-11-3-4-12(18)10-14(11)17/h3-4,10,13H,2,5-9H2,1H3,(H,19,23)(H,20,22). The van der Waals surface area contributed by atoms with Crippen LogP contribution < -0.4 is 10.6 Å². The van der Waals surface area contributed by atoms with Gasteiger partial charge in [-0.2, -0.15) is 0 Å². The third-order valence-electron chi connectivity index (χ3n) is 3.84. The zero-order valence-electron chi connectivity index (χ0n) is 13.1. The van der Waals surface area contributed by atoms with Gasteiger partial charge < -0.3 is 15.5 Å². The number of hydrogen-bond donors (Lipinski definition) is 2. The van der Waals surface area contributed by atoms with Gasteiger partial charge in [0.1, 0.15) is 5.82 Å². The normalized spacial score (nSPS) is 15.3. The van der Waals surface area contributed by atoms with Gasteiger partial charge in [0.25, 0.3) is 0 Å². The summed E-state index contributed by atoms with van der Waals surface area (Å²) in [6.07, 6.45) is 1.57. The molecule has 0 radical (unpaired) electrons. The lowest BCUT2D eigenvalue weighted by Crippen LogP contribution is -2.49. The third-order valence-corrected chi connectivity index (χ3v) is 4.19. The van der Waals surface area contributed by atoms with E-state index < -0.39 is 5.82 Å². The summed E-state index contributed by atoms with van der Waals surface area (Å²) in [5.74, 6) is -0.563. The van der Waals surface area contributed by atoms with Crippen LogP contribution in [0, 0.1) is 5.82 Å². The van der Waals surface area contributed by atoms with Crippen molar-refractivity contribution in [1.29, 1.82) is 0 Å². The molecule has 126 valence electrons. The highest BCUT2D eigenvalue weighted by molar-refractivity contribution is 6.31. The highest BCUT2D eigenvalue weighted by Crippen LogP contribution is 2.18. The molecular weight excluding hydrogens is 321 g/mol. The number of piperidine rings is 1. The molecule has 1 aliphatic rings. The summed E-state index contributed by atoms with van der Waals surface area (Å²) >= 11 is 5.93. The zero-order chi connectivity index (χ0) is 16.8. The van der Waals surface area contributed by atoms with Crippen LogP contribution in [0.4, 0.5) is 9.18 Å². The van der Waals surface area contributed by atoms with E-state index in [1.807, 2.05) is 6.92 Å². The maximum atomic E-state index is 13.0. The van der Waals surface area contributed by atoms with Crippen LogP contribution in [0.15, 0.2) is 18.2 Å². The van der Waals surface area contributed by atoms with Gasteiger partial charge in [0.2, 0.25) is 5.91 Å². The van der Waals surface area contributed by atoms with Crippen molar-refractivity contribution in [3.8, 4) is 0 Å². The van der Waals surface area contributed by atoms with Crippen LogP contribution in [-0.4, -0.2) is 42.5 Å². The Morgan fingerprint density at radius 3 is 2.65 bits per heavy atom. The topological polar surface area (TPSA) is 61.4 Å². The first-order valence-corrected chi connectivity index (χ1v) is 8.13. The highest BCUT2D eigenvalue weighted by Gasteiger charge is 2.23. The molecule has 0 saturated carbocycles. The lowest BCUT2D eigenvalue weighted by Gasteiger charge is -2.32. The molecule has 0 atom stereocenters. The number of benzene rings is 1. The number of hydrogen-bond acceptors (Lipinski definition) is 2. The molecule has 2 rings (SSSR count). The van der Waals surface area contributed by atoms with E-state index >= 15 is 0 Å².